The maximum Gasteiger partial charge on any atom is 0.0628 e. The Kier molecular flexibility index (Phi) is 4.06. The Balaban J connectivity index is 4.04. The van der Waals surface area contributed by atoms with Gasteiger partial charge in [-0.25, -0.2) is 0 Å². The van der Waals surface area contributed by atoms with Crippen molar-refractivity contribution in [2.45, 2.75) is 33.1 Å². The standard InChI is InChI=1S/C8H15NO/c1-3-8(4-2,7-10)5-6-9/h10H,3-5,7H2,1-2H3. The summed E-state index contributed by atoms with van der Waals surface area (Å²) >= 11 is 0. The Labute approximate surface area is 62.5 Å². The van der Waals surface area contributed by atoms with E-state index in [1.807, 2.05) is 13.8 Å². The molecule has 0 fully saturated rings. The van der Waals surface area contributed by atoms with E-state index in [9.17, 15) is 0 Å². The number of hydrogen-bond acceptors (Lipinski definition) is 2. The van der Waals surface area contributed by atoms with Crippen molar-refractivity contribution in [3.63, 3.8) is 0 Å². The van der Waals surface area contributed by atoms with Gasteiger partial charge in [-0.1, -0.05) is 13.8 Å². The molecule has 0 rings (SSSR count). The van der Waals surface area contributed by atoms with Crippen molar-refractivity contribution < 1.29 is 5.11 Å². The van der Waals surface area contributed by atoms with Gasteiger partial charge >= 0.3 is 0 Å². The summed E-state index contributed by atoms with van der Waals surface area (Å²) in [5, 5.41) is 17.4. The quantitative estimate of drug-likeness (QED) is 0.647. The molecule has 0 aliphatic rings. The molecule has 0 bridgehead atoms. The fourth-order valence-electron chi connectivity index (χ4n) is 0.947. The molecule has 0 saturated carbocycles. The van der Waals surface area contributed by atoms with E-state index in [4.69, 9.17) is 10.4 Å². The Morgan fingerprint density at radius 1 is 1.40 bits per heavy atom. The first-order chi connectivity index (χ1) is 4.74. The van der Waals surface area contributed by atoms with E-state index < -0.39 is 0 Å². The summed E-state index contributed by atoms with van der Waals surface area (Å²) in [6.07, 6.45) is 2.23. The van der Waals surface area contributed by atoms with Crippen molar-refractivity contribution in [3.05, 3.63) is 0 Å². The van der Waals surface area contributed by atoms with Crippen LogP contribution in [0.4, 0.5) is 0 Å². The van der Waals surface area contributed by atoms with Crippen molar-refractivity contribution in [3.8, 4) is 6.07 Å². The van der Waals surface area contributed by atoms with Crippen LogP contribution in [-0.4, -0.2) is 11.7 Å². The molecule has 1 N–H and O–H groups in total. The van der Waals surface area contributed by atoms with Gasteiger partial charge in [-0.05, 0) is 12.8 Å². The molecule has 58 valence electrons. The molecule has 0 aromatic heterocycles. The van der Waals surface area contributed by atoms with Crippen LogP contribution < -0.4 is 0 Å². The van der Waals surface area contributed by atoms with Crippen LogP contribution in [0.1, 0.15) is 33.1 Å². The van der Waals surface area contributed by atoms with Crippen LogP contribution in [-0.2, 0) is 0 Å². The molecule has 2 heteroatoms. The highest BCUT2D eigenvalue weighted by Gasteiger charge is 2.24. The highest BCUT2D eigenvalue weighted by molar-refractivity contribution is 4.86. The maximum absolute atomic E-state index is 8.96. The molecular formula is C8H15NO. The largest absolute Gasteiger partial charge is 0.396 e. The number of aliphatic hydroxyl groups excluding tert-OH is 1. The van der Waals surface area contributed by atoms with Gasteiger partial charge in [0.1, 0.15) is 0 Å². The van der Waals surface area contributed by atoms with Gasteiger partial charge in [0.25, 0.3) is 0 Å². The third-order valence-corrected chi connectivity index (χ3v) is 2.29. The second kappa shape index (κ2) is 4.29. The number of hydrogen-bond donors (Lipinski definition) is 1. The lowest BCUT2D eigenvalue weighted by Crippen LogP contribution is -2.22. The molecule has 0 atom stereocenters. The molecule has 0 unspecified atom stereocenters. The van der Waals surface area contributed by atoms with Gasteiger partial charge in [0.05, 0.1) is 6.07 Å². The predicted molar refractivity (Wildman–Crippen MR) is 40.3 cm³/mol. The normalized spacial score (nSPS) is 11.0. The monoisotopic (exact) mass is 141 g/mol. The minimum absolute atomic E-state index is 0.130. The number of aliphatic hydroxyl groups is 1. The van der Waals surface area contributed by atoms with Gasteiger partial charge in [0, 0.05) is 18.4 Å². The molecule has 2 nitrogen and oxygen atoms in total. The molecule has 0 aliphatic heterocycles. The van der Waals surface area contributed by atoms with E-state index in [1.165, 1.54) is 0 Å². The van der Waals surface area contributed by atoms with Crippen LogP contribution >= 0.6 is 0 Å². The number of nitrogens with zero attached hydrogens (tertiary/aromatic N) is 1. The molecular weight excluding hydrogens is 126 g/mol. The van der Waals surface area contributed by atoms with E-state index in [0.717, 1.165) is 12.8 Å². The van der Waals surface area contributed by atoms with Crippen molar-refractivity contribution >= 4 is 0 Å². The van der Waals surface area contributed by atoms with E-state index in [1.54, 1.807) is 0 Å². The zero-order valence-electron chi connectivity index (χ0n) is 6.72. The molecule has 0 radical (unpaired) electrons. The summed E-state index contributed by atoms with van der Waals surface area (Å²) in [5.74, 6) is 0. The summed E-state index contributed by atoms with van der Waals surface area (Å²) in [7, 11) is 0. The van der Waals surface area contributed by atoms with Gasteiger partial charge in [0.15, 0.2) is 0 Å². The van der Waals surface area contributed by atoms with E-state index in [-0.39, 0.29) is 12.0 Å². The second-order valence-electron chi connectivity index (χ2n) is 2.70. The number of nitriles is 1. The van der Waals surface area contributed by atoms with Gasteiger partial charge < -0.3 is 5.11 Å². The van der Waals surface area contributed by atoms with Crippen LogP contribution in [0.25, 0.3) is 0 Å². The Morgan fingerprint density at radius 2 is 1.90 bits per heavy atom. The molecule has 0 saturated heterocycles. The summed E-state index contributed by atoms with van der Waals surface area (Å²) in [4.78, 5) is 0. The number of rotatable bonds is 4. The highest BCUT2D eigenvalue weighted by Crippen LogP contribution is 2.28. The second-order valence-corrected chi connectivity index (χ2v) is 2.70. The predicted octanol–water partition coefficient (Wildman–Crippen LogP) is 1.70. The van der Waals surface area contributed by atoms with Crippen LogP contribution in [0.5, 0.6) is 0 Å². The SMILES string of the molecule is CCC(CC)(CO)CC#N. The summed E-state index contributed by atoms with van der Waals surface area (Å²) in [5.41, 5.74) is -0.130. The van der Waals surface area contributed by atoms with Crippen molar-refractivity contribution in [1.82, 2.24) is 0 Å². The van der Waals surface area contributed by atoms with Crippen molar-refractivity contribution in [2.24, 2.45) is 5.41 Å². The lowest BCUT2D eigenvalue weighted by Gasteiger charge is -2.25. The first kappa shape index (κ1) is 9.45. The average Bonchev–Trinajstić information content (AvgIpc) is 2.01. The maximum atomic E-state index is 8.96. The van der Waals surface area contributed by atoms with Crippen LogP contribution in [0.15, 0.2) is 0 Å². The third kappa shape index (κ3) is 2.00. The molecule has 0 aromatic rings. The molecule has 0 spiro atoms. The molecule has 0 amide bonds. The molecule has 0 heterocycles. The lowest BCUT2D eigenvalue weighted by molar-refractivity contribution is 0.119. The first-order valence-electron chi connectivity index (χ1n) is 3.72. The fourth-order valence-corrected chi connectivity index (χ4v) is 0.947. The Bertz CT molecular complexity index is 113. The van der Waals surface area contributed by atoms with Crippen LogP contribution in [0, 0.1) is 16.7 Å². The zero-order chi connectivity index (χ0) is 8.04. The van der Waals surface area contributed by atoms with Gasteiger partial charge in [-0.15, -0.1) is 0 Å². The smallest absolute Gasteiger partial charge is 0.0628 e. The Hall–Kier alpha value is -0.550. The molecule has 0 aromatic carbocycles. The van der Waals surface area contributed by atoms with Crippen molar-refractivity contribution in [1.29, 1.82) is 5.26 Å². The highest BCUT2D eigenvalue weighted by atomic mass is 16.3. The topological polar surface area (TPSA) is 44.0 Å². The minimum atomic E-state index is -0.130. The summed E-state index contributed by atoms with van der Waals surface area (Å²) in [6, 6.07) is 2.10. The van der Waals surface area contributed by atoms with Gasteiger partial charge in [-0.3, -0.25) is 0 Å². The minimum Gasteiger partial charge on any atom is -0.396 e. The summed E-state index contributed by atoms with van der Waals surface area (Å²) in [6.45, 7) is 4.15. The average molecular weight is 141 g/mol. The first-order valence-corrected chi connectivity index (χ1v) is 3.72. The van der Waals surface area contributed by atoms with E-state index >= 15 is 0 Å². The summed E-state index contributed by atoms with van der Waals surface area (Å²) < 4.78 is 0. The fraction of sp³-hybridized carbons (Fsp3) is 0.875. The van der Waals surface area contributed by atoms with E-state index in [0.29, 0.717) is 6.42 Å². The third-order valence-electron chi connectivity index (χ3n) is 2.29. The van der Waals surface area contributed by atoms with Crippen LogP contribution in [0.2, 0.25) is 0 Å². The van der Waals surface area contributed by atoms with E-state index in [2.05, 4.69) is 6.07 Å². The lowest BCUT2D eigenvalue weighted by atomic mass is 9.81. The van der Waals surface area contributed by atoms with Gasteiger partial charge in [0.2, 0.25) is 0 Å². The molecule has 0 aliphatic carbocycles. The molecule has 10 heavy (non-hydrogen) atoms. The van der Waals surface area contributed by atoms with Crippen molar-refractivity contribution in [2.75, 3.05) is 6.61 Å². The van der Waals surface area contributed by atoms with Gasteiger partial charge in [-0.2, -0.15) is 5.26 Å². The Morgan fingerprint density at radius 3 is 2.00 bits per heavy atom. The van der Waals surface area contributed by atoms with Crippen LogP contribution in [0.3, 0.4) is 0 Å². The zero-order valence-corrected chi connectivity index (χ0v) is 6.72.